The predicted molar refractivity (Wildman–Crippen MR) is 109 cm³/mol. The van der Waals surface area contributed by atoms with Crippen molar-refractivity contribution in [2.45, 2.75) is 89.9 Å². The van der Waals surface area contributed by atoms with Gasteiger partial charge in [-0.3, -0.25) is 4.90 Å². The summed E-state index contributed by atoms with van der Waals surface area (Å²) in [5, 5.41) is 0. The predicted octanol–water partition coefficient (Wildman–Crippen LogP) is 5.94. The summed E-state index contributed by atoms with van der Waals surface area (Å²) >= 11 is 0. The first-order valence-corrected chi connectivity index (χ1v) is 10.2. The summed E-state index contributed by atoms with van der Waals surface area (Å²) < 4.78 is 6.40. The minimum atomic E-state index is 0. The Morgan fingerprint density at radius 1 is 1.00 bits per heavy atom. The van der Waals surface area contributed by atoms with Crippen molar-refractivity contribution in [2.75, 3.05) is 13.1 Å². The van der Waals surface area contributed by atoms with E-state index in [9.17, 15) is 0 Å². The van der Waals surface area contributed by atoms with E-state index in [1.54, 1.807) is 5.56 Å². The van der Waals surface area contributed by atoms with Crippen molar-refractivity contribution < 1.29 is 4.74 Å². The second-order valence-corrected chi connectivity index (χ2v) is 7.83. The number of hydrogen-bond donors (Lipinski definition) is 0. The third kappa shape index (κ3) is 5.98. The zero-order valence-electron chi connectivity index (χ0n) is 16.1. The van der Waals surface area contributed by atoms with E-state index in [0.717, 1.165) is 18.8 Å². The van der Waals surface area contributed by atoms with Crippen molar-refractivity contribution in [3.8, 4) is 0 Å². The number of piperidine rings is 1. The Kier molecular flexibility index (Phi) is 8.75. The molecule has 0 N–H and O–H groups in total. The van der Waals surface area contributed by atoms with Crippen LogP contribution in [0.2, 0.25) is 0 Å². The Bertz CT molecular complexity index is 477. The van der Waals surface area contributed by atoms with Gasteiger partial charge in [0.15, 0.2) is 0 Å². The normalized spacial score (nSPS) is 21.7. The van der Waals surface area contributed by atoms with Gasteiger partial charge < -0.3 is 4.74 Å². The van der Waals surface area contributed by atoms with Gasteiger partial charge in [-0.05, 0) is 56.1 Å². The van der Waals surface area contributed by atoms with Gasteiger partial charge in [-0.25, -0.2) is 0 Å². The van der Waals surface area contributed by atoms with Crippen LogP contribution in [0.1, 0.15) is 82.3 Å². The van der Waals surface area contributed by atoms with Crippen LogP contribution in [0.25, 0.3) is 0 Å². The molecule has 1 aromatic rings. The molecule has 1 saturated heterocycles. The highest BCUT2D eigenvalue weighted by atomic mass is 35.5. The molecule has 2 fully saturated rings. The second-order valence-electron chi connectivity index (χ2n) is 7.83. The van der Waals surface area contributed by atoms with Gasteiger partial charge in [0.25, 0.3) is 0 Å². The lowest BCUT2D eigenvalue weighted by Crippen LogP contribution is -2.43. The van der Waals surface area contributed by atoms with Crippen LogP contribution in [0.15, 0.2) is 24.3 Å². The summed E-state index contributed by atoms with van der Waals surface area (Å²) in [4.78, 5) is 2.57. The fraction of sp³-hybridized carbons (Fsp3) is 0.727. The van der Waals surface area contributed by atoms with Gasteiger partial charge in [0.05, 0.1) is 6.10 Å². The Balaban J connectivity index is 0.00000225. The van der Waals surface area contributed by atoms with Gasteiger partial charge in [0.1, 0.15) is 6.23 Å². The molecular formula is C22H36ClNO. The summed E-state index contributed by atoms with van der Waals surface area (Å²) in [6, 6.07) is 9.46. The molecule has 1 saturated carbocycles. The Morgan fingerprint density at radius 3 is 2.24 bits per heavy atom. The number of hydrogen-bond acceptors (Lipinski definition) is 2. The summed E-state index contributed by atoms with van der Waals surface area (Å²) in [6.07, 6.45) is 12.3. The van der Waals surface area contributed by atoms with Gasteiger partial charge >= 0.3 is 0 Å². The summed E-state index contributed by atoms with van der Waals surface area (Å²) in [6.45, 7) is 6.82. The second kappa shape index (κ2) is 10.5. The summed E-state index contributed by atoms with van der Waals surface area (Å²) in [7, 11) is 0. The van der Waals surface area contributed by atoms with Crippen molar-refractivity contribution in [2.24, 2.45) is 0 Å². The fourth-order valence-corrected chi connectivity index (χ4v) is 4.22. The van der Waals surface area contributed by atoms with Gasteiger partial charge in [-0.15, -0.1) is 12.4 Å². The minimum absolute atomic E-state index is 0. The molecule has 3 heteroatoms. The summed E-state index contributed by atoms with van der Waals surface area (Å²) in [5.41, 5.74) is 2.98. The monoisotopic (exact) mass is 365 g/mol. The number of nitrogens with zero attached hydrogens (tertiary/aromatic N) is 1. The van der Waals surface area contributed by atoms with E-state index >= 15 is 0 Å². The van der Waals surface area contributed by atoms with Crippen LogP contribution in [-0.4, -0.2) is 30.3 Å². The maximum absolute atomic E-state index is 6.40. The Labute approximate surface area is 160 Å². The highest BCUT2D eigenvalue weighted by Gasteiger charge is 2.23. The molecule has 25 heavy (non-hydrogen) atoms. The Hall–Kier alpha value is -0.570. The van der Waals surface area contributed by atoms with Crippen LogP contribution in [0.3, 0.4) is 0 Å². The van der Waals surface area contributed by atoms with Gasteiger partial charge in [0, 0.05) is 19.5 Å². The first-order valence-electron chi connectivity index (χ1n) is 10.2. The maximum atomic E-state index is 6.40. The number of benzene rings is 1. The van der Waals surface area contributed by atoms with Crippen LogP contribution >= 0.6 is 12.4 Å². The lowest BCUT2D eigenvalue weighted by molar-refractivity contribution is -0.0993. The number of likely N-dealkylation sites (tertiary alicyclic amines) is 1. The molecule has 0 aromatic heterocycles. The van der Waals surface area contributed by atoms with E-state index in [4.69, 9.17) is 4.74 Å². The number of halogens is 1. The molecule has 3 rings (SSSR count). The average molecular weight is 366 g/mol. The molecule has 0 spiro atoms. The third-order valence-electron chi connectivity index (χ3n) is 5.98. The molecule has 1 aliphatic heterocycles. The Morgan fingerprint density at radius 2 is 1.64 bits per heavy atom. The lowest BCUT2D eigenvalue weighted by atomic mass is 9.96. The van der Waals surface area contributed by atoms with E-state index in [0.29, 0.717) is 6.10 Å². The average Bonchev–Trinajstić information content (AvgIpc) is 3.17. The summed E-state index contributed by atoms with van der Waals surface area (Å²) in [5.74, 6) is 0.813. The van der Waals surface area contributed by atoms with Crippen LogP contribution < -0.4 is 0 Å². The quantitative estimate of drug-likeness (QED) is 0.593. The molecule has 0 amide bonds. The first kappa shape index (κ1) is 20.7. The van der Waals surface area contributed by atoms with Crippen LogP contribution in [-0.2, 0) is 11.2 Å². The highest BCUT2D eigenvalue weighted by Crippen LogP contribution is 2.34. The lowest BCUT2D eigenvalue weighted by Gasteiger charge is -2.36. The molecule has 0 radical (unpaired) electrons. The third-order valence-corrected chi connectivity index (χ3v) is 5.98. The number of ether oxygens (including phenoxy) is 1. The van der Waals surface area contributed by atoms with Crippen molar-refractivity contribution >= 4 is 12.4 Å². The zero-order valence-corrected chi connectivity index (χ0v) is 16.9. The molecule has 1 heterocycles. The van der Waals surface area contributed by atoms with Gasteiger partial charge in [-0.2, -0.15) is 0 Å². The molecule has 2 aliphatic rings. The van der Waals surface area contributed by atoms with Gasteiger partial charge in [0.2, 0.25) is 0 Å². The SMILES string of the molecule is CCC(C)OC(Cc1ccc(C2CCCC2)cc1)N1CCCCC1.Cl. The van der Waals surface area contributed by atoms with Crippen LogP contribution in [0.5, 0.6) is 0 Å². The van der Waals surface area contributed by atoms with Gasteiger partial charge in [-0.1, -0.05) is 50.5 Å². The minimum Gasteiger partial charge on any atom is -0.360 e. The molecule has 2 unspecified atom stereocenters. The van der Waals surface area contributed by atoms with Crippen molar-refractivity contribution in [3.63, 3.8) is 0 Å². The van der Waals surface area contributed by atoms with E-state index < -0.39 is 0 Å². The highest BCUT2D eigenvalue weighted by molar-refractivity contribution is 5.85. The zero-order chi connectivity index (χ0) is 16.8. The first-order chi connectivity index (χ1) is 11.8. The molecule has 1 aromatic carbocycles. The molecule has 142 valence electrons. The van der Waals surface area contributed by atoms with Crippen LogP contribution in [0.4, 0.5) is 0 Å². The molecule has 0 bridgehead atoms. The van der Waals surface area contributed by atoms with E-state index in [2.05, 4.69) is 43.0 Å². The van der Waals surface area contributed by atoms with E-state index in [1.807, 2.05) is 0 Å². The molecular weight excluding hydrogens is 330 g/mol. The molecule has 1 aliphatic carbocycles. The standard InChI is InChI=1S/C22H35NO.ClH/c1-3-18(2)24-22(23-15-7-4-8-16-23)17-19-11-13-21(14-12-19)20-9-5-6-10-20;/h11-14,18,20,22H,3-10,15-17H2,1-2H3;1H. The van der Waals surface area contributed by atoms with Crippen molar-refractivity contribution in [1.29, 1.82) is 0 Å². The van der Waals surface area contributed by atoms with E-state index in [-0.39, 0.29) is 18.6 Å². The van der Waals surface area contributed by atoms with Crippen molar-refractivity contribution in [1.82, 2.24) is 4.90 Å². The molecule has 2 nitrogen and oxygen atoms in total. The number of rotatable bonds is 7. The van der Waals surface area contributed by atoms with Crippen molar-refractivity contribution in [3.05, 3.63) is 35.4 Å². The molecule has 2 atom stereocenters. The largest absolute Gasteiger partial charge is 0.360 e. The topological polar surface area (TPSA) is 12.5 Å². The maximum Gasteiger partial charge on any atom is 0.115 e. The fourth-order valence-electron chi connectivity index (χ4n) is 4.22. The van der Waals surface area contributed by atoms with Crippen LogP contribution in [0, 0.1) is 0 Å². The van der Waals surface area contributed by atoms with E-state index in [1.165, 1.54) is 63.6 Å². The smallest absolute Gasteiger partial charge is 0.115 e.